The van der Waals surface area contributed by atoms with Gasteiger partial charge in [-0.2, -0.15) is 26.3 Å². The van der Waals surface area contributed by atoms with E-state index < -0.39 is 36.5 Å². The van der Waals surface area contributed by atoms with Gasteiger partial charge in [0.1, 0.15) is 0 Å². The molecule has 75 heavy (non-hydrogen) atoms. The molecule has 5 heterocycles. The van der Waals surface area contributed by atoms with E-state index in [1.54, 1.807) is 76.3 Å². The molecule has 2 fully saturated rings. The number of carbonyl (C=O) groups excluding carboxylic acids is 4. The first kappa shape index (κ1) is 52.9. The Balaban J connectivity index is 0.000000199. The monoisotopic (exact) mass is 1030 g/mol. The Labute approximate surface area is 428 Å². The highest BCUT2D eigenvalue weighted by atomic mass is 19.4. The normalized spacial score (nSPS) is 13.8. The van der Waals surface area contributed by atoms with Crippen molar-refractivity contribution in [1.82, 2.24) is 35.3 Å². The highest BCUT2D eigenvalue weighted by Crippen LogP contribution is 2.32. The molecule has 20 heteroatoms. The van der Waals surface area contributed by atoms with Crippen molar-refractivity contribution in [2.75, 3.05) is 42.5 Å². The van der Waals surface area contributed by atoms with Crippen molar-refractivity contribution in [3.05, 3.63) is 169 Å². The third-order valence-corrected chi connectivity index (χ3v) is 12.5. The first-order valence-electron chi connectivity index (χ1n) is 24.2. The number of alkyl halides is 6. The highest BCUT2D eigenvalue weighted by molar-refractivity contribution is 6.00. The lowest BCUT2D eigenvalue weighted by Gasteiger charge is -2.33. The van der Waals surface area contributed by atoms with Gasteiger partial charge in [-0.05, 0) is 109 Å². The summed E-state index contributed by atoms with van der Waals surface area (Å²) in [6.45, 7) is 2.50. The molecular formula is C55H51F6N9O5. The van der Waals surface area contributed by atoms with Gasteiger partial charge in [-0.15, -0.1) is 10.2 Å². The van der Waals surface area contributed by atoms with Gasteiger partial charge in [0.05, 0.1) is 19.6 Å². The number of urea groups is 2. The van der Waals surface area contributed by atoms with Crippen molar-refractivity contribution in [3.63, 3.8) is 0 Å². The lowest BCUT2D eigenvalue weighted by molar-refractivity contribution is -0.173. The van der Waals surface area contributed by atoms with Crippen LogP contribution in [0.3, 0.4) is 0 Å². The van der Waals surface area contributed by atoms with Crippen molar-refractivity contribution in [3.8, 4) is 33.7 Å². The molecule has 7 aromatic rings. The fourth-order valence-electron chi connectivity index (χ4n) is 8.56. The molecule has 9 rings (SSSR count). The Morgan fingerprint density at radius 2 is 1.01 bits per heavy atom. The maximum absolute atomic E-state index is 13.6. The molecule has 5 amide bonds. The van der Waals surface area contributed by atoms with Crippen LogP contribution in [-0.4, -0.2) is 92.6 Å². The first-order chi connectivity index (χ1) is 36.1. The van der Waals surface area contributed by atoms with Gasteiger partial charge < -0.3 is 19.5 Å². The minimum absolute atomic E-state index is 0.0844. The Morgan fingerprint density at radius 3 is 1.44 bits per heavy atom. The van der Waals surface area contributed by atoms with Crippen molar-refractivity contribution in [2.45, 2.75) is 64.0 Å². The number of hydrogen-bond acceptors (Lipinski definition) is 9. The van der Waals surface area contributed by atoms with E-state index in [0.29, 0.717) is 37.4 Å². The van der Waals surface area contributed by atoms with Gasteiger partial charge >= 0.3 is 36.2 Å². The summed E-state index contributed by atoms with van der Waals surface area (Å²) in [7, 11) is 0. The van der Waals surface area contributed by atoms with E-state index in [1.807, 2.05) is 82.6 Å². The second-order valence-corrected chi connectivity index (χ2v) is 17.8. The van der Waals surface area contributed by atoms with Crippen LogP contribution in [0.1, 0.15) is 65.9 Å². The molecule has 2 aliphatic rings. The SMILES string of the molecule is O=C(CNC(=O)C(F)(F)F)c1ccc(CN(C(=O)N2CCCCC2)c2cccc(-c3cccnc3)c2)cc1.O=C(N1CCCCC1)N(Cc1ccc(-c2nnc(C(F)(F)F)o2)cc1)c1cccc(-c2cccnc2)c1. The number of ketones is 1. The number of anilines is 2. The van der Waals surface area contributed by atoms with Crippen LogP contribution in [0.2, 0.25) is 0 Å². The predicted molar refractivity (Wildman–Crippen MR) is 268 cm³/mol. The standard InChI is InChI=1S/C28H27F3N4O3.C27H24F3N5O2/c29-28(30,31)26(37)33-18-25(36)21-11-9-20(10-12-21)19-35(27(38)34-14-2-1-3-15-34)24-8-4-6-22(16-24)23-7-5-13-32-17-23;28-27(29,30)25-33-32-24(37-25)20-11-9-19(10-12-20)18-35(26(36)34-14-2-1-3-15-34)23-8-4-6-21(16-23)22-7-5-13-31-17-22/h4-13,16-17H,1-3,14-15,18-19H2,(H,33,37);4-13,16-17H,1-3,14-15,18H2. The summed E-state index contributed by atoms with van der Waals surface area (Å²) in [4.78, 5) is 66.0. The lowest BCUT2D eigenvalue weighted by atomic mass is 10.1. The summed E-state index contributed by atoms with van der Waals surface area (Å²) in [5, 5.41) is 8.17. The van der Waals surface area contributed by atoms with Crippen LogP contribution in [0, 0.1) is 0 Å². The number of carbonyl (C=O) groups is 4. The van der Waals surface area contributed by atoms with Crippen LogP contribution in [0.25, 0.3) is 33.7 Å². The number of piperidine rings is 2. The summed E-state index contributed by atoms with van der Waals surface area (Å²) >= 11 is 0. The van der Waals surface area contributed by atoms with Crippen molar-refractivity contribution in [1.29, 1.82) is 0 Å². The van der Waals surface area contributed by atoms with Gasteiger partial charge in [-0.3, -0.25) is 29.4 Å². The summed E-state index contributed by atoms with van der Waals surface area (Å²) in [5.41, 5.74) is 7.21. The molecule has 0 bridgehead atoms. The van der Waals surface area contributed by atoms with Gasteiger partial charge in [0.2, 0.25) is 5.89 Å². The van der Waals surface area contributed by atoms with Crippen LogP contribution in [0.15, 0.2) is 151 Å². The molecule has 388 valence electrons. The molecule has 4 aromatic carbocycles. The molecule has 0 atom stereocenters. The number of likely N-dealkylation sites (tertiary alicyclic amines) is 2. The molecule has 2 saturated heterocycles. The van der Waals surface area contributed by atoms with Crippen LogP contribution in [0.4, 0.5) is 47.3 Å². The maximum Gasteiger partial charge on any atom is 0.471 e. The molecule has 14 nitrogen and oxygen atoms in total. The molecule has 0 unspecified atom stereocenters. The van der Waals surface area contributed by atoms with Crippen LogP contribution < -0.4 is 15.1 Å². The second-order valence-electron chi connectivity index (χ2n) is 17.8. The number of nitrogens with one attached hydrogen (secondary N) is 1. The van der Waals surface area contributed by atoms with E-state index in [-0.39, 0.29) is 36.6 Å². The number of Topliss-reactive ketones (excluding diaryl/α,β-unsaturated/α-hetero) is 1. The molecular weight excluding hydrogens is 981 g/mol. The zero-order valence-electron chi connectivity index (χ0n) is 40.4. The van der Waals surface area contributed by atoms with Gasteiger partial charge in [-0.25, -0.2) is 9.59 Å². The van der Waals surface area contributed by atoms with Gasteiger partial charge in [0, 0.05) is 84.6 Å². The predicted octanol–water partition coefficient (Wildman–Crippen LogP) is 11.7. The summed E-state index contributed by atoms with van der Waals surface area (Å²) in [5.74, 6) is -4.43. The van der Waals surface area contributed by atoms with Crippen molar-refractivity contribution in [2.24, 2.45) is 0 Å². The molecule has 0 saturated carbocycles. The minimum Gasteiger partial charge on any atom is -0.413 e. The Hall–Kier alpha value is -8.42. The molecule has 0 spiro atoms. The van der Waals surface area contributed by atoms with Crippen LogP contribution >= 0.6 is 0 Å². The smallest absolute Gasteiger partial charge is 0.413 e. The third-order valence-electron chi connectivity index (χ3n) is 12.5. The van der Waals surface area contributed by atoms with E-state index in [9.17, 15) is 45.5 Å². The average Bonchev–Trinajstić information content (AvgIpc) is 3.96. The number of pyridine rings is 2. The number of amides is 5. The van der Waals surface area contributed by atoms with E-state index >= 15 is 0 Å². The van der Waals surface area contributed by atoms with E-state index in [0.717, 1.165) is 77.6 Å². The summed E-state index contributed by atoms with van der Waals surface area (Å²) in [6.07, 6.45) is 3.18. The second kappa shape index (κ2) is 24.1. The number of halogens is 6. The Kier molecular flexibility index (Phi) is 17.0. The number of hydrogen-bond donors (Lipinski definition) is 1. The van der Waals surface area contributed by atoms with E-state index in [2.05, 4.69) is 20.2 Å². The number of aromatic nitrogens is 4. The number of nitrogens with zero attached hydrogens (tertiary/aromatic N) is 8. The topological polar surface area (TPSA) is 158 Å². The first-order valence-corrected chi connectivity index (χ1v) is 24.2. The quantitative estimate of drug-likeness (QED) is 0.0929. The highest BCUT2D eigenvalue weighted by Gasteiger charge is 2.39. The van der Waals surface area contributed by atoms with E-state index in [4.69, 9.17) is 4.42 Å². The van der Waals surface area contributed by atoms with Crippen molar-refractivity contribution < 1.29 is 49.9 Å². The summed E-state index contributed by atoms with van der Waals surface area (Å²) < 4.78 is 80.3. The maximum atomic E-state index is 13.6. The number of rotatable bonds is 12. The molecule has 0 radical (unpaired) electrons. The Morgan fingerprint density at radius 1 is 0.547 bits per heavy atom. The van der Waals surface area contributed by atoms with Gasteiger partial charge in [-0.1, -0.05) is 72.8 Å². The molecule has 1 N–H and O–H groups in total. The fourth-order valence-corrected chi connectivity index (χ4v) is 8.56. The lowest BCUT2D eigenvalue weighted by Crippen LogP contribution is -2.45. The largest absolute Gasteiger partial charge is 0.471 e. The zero-order chi connectivity index (χ0) is 53.0. The third kappa shape index (κ3) is 14.0. The number of benzene rings is 4. The molecule has 0 aliphatic carbocycles. The minimum atomic E-state index is -5.05. The van der Waals surface area contributed by atoms with Crippen LogP contribution in [0.5, 0.6) is 0 Å². The van der Waals surface area contributed by atoms with Gasteiger partial charge in [0.25, 0.3) is 0 Å². The Bertz CT molecular complexity index is 3040. The average molecular weight is 1030 g/mol. The van der Waals surface area contributed by atoms with Crippen molar-refractivity contribution >= 4 is 35.1 Å². The van der Waals surface area contributed by atoms with E-state index in [1.165, 1.54) is 12.1 Å². The van der Waals surface area contributed by atoms with Gasteiger partial charge in [0.15, 0.2) is 5.78 Å². The molecule has 3 aromatic heterocycles. The van der Waals surface area contributed by atoms with Crippen LogP contribution in [-0.2, 0) is 24.1 Å². The summed E-state index contributed by atoms with van der Waals surface area (Å²) in [6, 6.07) is 35.7. The fraction of sp³-hybridized carbons (Fsp3) is 0.273. The zero-order valence-corrected chi connectivity index (χ0v) is 40.4. The molecule has 2 aliphatic heterocycles.